The molecule has 0 spiro atoms. The van der Waals surface area contributed by atoms with Crippen molar-refractivity contribution in [2.24, 2.45) is 0 Å². The topological polar surface area (TPSA) is 0 Å². The quantitative estimate of drug-likeness (QED) is 0.139. The molecule has 0 unspecified atom stereocenters. The van der Waals surface area contributed by atoms with Crippen molar-refractivity contribution in [2.75, 3.05) is 0 Å². The number of benzene rings is 4. The van der Waals surface area contributed by atoms with Crippen molar-refractivity contribution in [3.8, 4) is 11.1 Å². The molecule has 0 saturated heterocycles. The van der Waals surface area contributed by atoms with Crippen LogP contribution >= 0.6 is 48.0 Å². The third-order valence-electron chi connectivity index (χ3n) is 6.40. The molecule has 5 heteroatoms. The molecule has 0 saturated carbocycles. The van der Waals surface area contributed by atoms with Crippen LogP contribution in [0.3, 0.4) is 0 Å². The zero-order chi connectivity index (χ0) is 31.2. The number of hydrogen-bond donors (Lipinski definition) is 0. The summed E-state index contributed by atoms with van der Waals surface area (Å²) in [6.45, 7) is 13.6. The number of fused-ring (bicyclic) bond motifs is 3. The van der Waals surface area contributed by atoms with Crippen LogP contribution in [0.2, 0.25) is 10.0 Å². The molecule has 0 atom stereocenters. The van der Waals surface area contributed by atoms with Crippen LogP contribution in [0, 0.1) is 24.3 Å². The fourth-order valence-corrected chi connectivity index (χ4v) is 4.35. The van der Waals surface area contributed by atoms with Crippen LogP contribution in [0.5, 0.6) is 0 Å². The second kappa shape index (κ2) is 21.1. The first kappa shape index (κ1) is 42.3. The fourth-order valence-electron chi connectivity index (χ4n) is 4.10. The zero-order valence-electron chi connectivity index (χ0n) is 26.4. The van der Waals surface area contributed by atoms with Gasteiger partial charge in [-0.2, -0.15) is 90.5 Å². The van der Waals surface area contributed by atoms with E-state index in [9.17, 15) is 0 Å². The molecule has 6 rings (SSSR count). The van der Waals surface area contributed by atoms with E-state index in [-0.39, 0.29) is 35.6 Å². The average Bonchev–Trinajstić information content (AvgIpc) is 3.66. The normalized spacial score (nSPS) is 11.5. The Morgan fingerprint density at radius 3 is 1.59 bits per heavy atom. The van der Waals surface area contributed by atoms with Gasteiger partial charge in [-0.1, -0.05) is 75.4 Å². The summed E-state index contributed by atoms with van der Waals surface area (Å²) < 4.78 is 3.34. The molecule has 0 aliphatic heterocycles. The van der Waals surface area contributed by atoms with Crippen molar-refractivity contribution in [1.82, 2.24) is 0 Å². The molecule has 0 bridgehead atoms. The number of halogens is 4. The molecule has 0 nitrogen and oxygen atoms in total. The van der Waals surface area contributed by atoms with Gasteiger partial charge >= 0.3 is 28.4 Å². The predicted molar refractivity (Wildman–Crippen MR) is 195 cm³/mol. The molecule has 0 fully saturated rings. The molecule has 0 radical (unpaired) electrons. The van der Waals surface area contributed by atoms with Crippen LogP contribution in [-0.2, 0) is 41.5 Å². The maximum absolute atomic E-state index is 5.52. The van der Waals surface area contributed by atoms with Gasteiger partial charge in [-0.05, 0) is 28.4 Å². The van der Waals surface area contributed by atoms with Gasteiger partial charge in [-0.15, -0.1) is 65.6 Å². The van der Waals surface area contributed by atoms with Crippen LogP contribution in [0.15, 0.2) is 97.1 Å². The summed E-state index contributed by atoms with van der Waals surface area (Å²) in [6.07, 6.45) is 11.0. The Morgan fingerprint density at radius 2 is 1.23 bits per heavy atom. The first-order valence-corrected chi connectivity index (χ1v) is 16.4. The summed E-state index contributed by atoms with van der Waals surface area (Å²) in [5.41, 5.74) is 8.70. The third-order valence-corrected chi connectivity index (χ3v) is 6.91. The SMILES string of the molecule is CC(C)(C)c1[c-]c2c(cc1)-c1ccc(C(C)(C)C)cc1C2.Cl.Cl.Clc1cc[c-]cc1.Clc1cc[c-]cc1.[C-]1=CC=CC1.[CH2]=[Zr]. The molecular formula is C39H42Cl4Zr-4. The van der Waals surface area contributed by atoms with Crippen molar-refractivity contribution >= 4 is 52.2 Å². The molecule has 4 aromatic rings. The van der Waals surface area contributed by atoms with Crippen LogP contribution in [0.25, 0.3) is 11.1 Å². The summed E-state index contributed by atoms with van der Waals surface area (Å²) in [4.78, 5) is 0. The number of hydrogen-bond acceptors (Lipinski definition) is 0. The van der Waals surface area contributed by atoms with E-state index in [1.165, 1.54) is 57.6 Å². The maximum atomic E-state index is 5.52. The minimum atomic E-state index is 0. The van der Waals surface area contributed by atoms with E-state index in [1.807, 2.05) is 12.2 Å². The molecule has 0 N–H and O–H groups in total. The van der Waals surface area contributed by atoms with E-state index < -0.39 is 0 Å². The summed E-state index contributed by atoms with van der Waals surface area (Å²) in [6, 6.07) is 35.2. The molecule has 2 aliphatic carbocycles. The Morgan fingerprint density at radius 1 is 0.705 bits per heavy atom. The summed E-state index contributed by atoms with van der Waals surface area (Å²) in [7, 11) is 0. The fraction of sp³-hybridized carbons (Fsp3) is 0.256. The van der Waals surface area contributed by atoms with Crippen molar-refractivity contribution in [1.29, 1.82) is 0 Å². The van der Waals surface area contributed by atoms with E-state index in [4.69, 9.17) is 23.2 Å². The van der Waals surface area contributed by atoms with Gasteiger partial charge in [0.15, 0.2) is 0 Å². The number of allylic oxidation sites excluding steroid dienone is 4. The Balaban J connectivity index is 0.000000658. The first-order valence-electron chi connectivity index (χ1n) is 13.9. The van der Waals surface area contributed by atoms with Gasteiger partial charge in [0.25, 0.3) is 0 Å². The molecule has 0 aromatic heterocycles. The Hall–Kier alpha value is -1.73. The van der Waals surface area contributed by atoms with E-state index in [0.717, 1.165) is 22.9 Å². The second-order valence-corrected chi connectivity index (χ2v) is 12.6. The first-order chi connectivity index (χ1) is 19.9. The molecule has 0 heterocycles. The summed E-state index contributed by atoms with van der Waals surface area (Å²) >= 11 is 12.3. The van der Waals surface area contributed by atoms with Crippen LogP contribution in [-0.4, -0.2) is 4.21 Å². The van der Waals surface area contributed by atoms with E-state index in [1.54, 1.807) is 48.5 Å². The zero-order valence-corrected chi connectivity index (χ0v) is 32.0. The molecule has 4 aromatic carbocycles. The third kappa shape index (κ3) is 14.6. The molecular weight excluding hydrogens is 701 g/mol. The minimum absolute atomic E-state index is 0. The summed E-state index contributed by atoms with van der Waals surface area (Å²) in [5.74, 6) is 0. The number of rotatable bonds is 0. The van der Waals surface area contributed by atoms with Gasteiger partial charge in [0.1, 0.15) is 0 Å². The Bertz CT molecular complexity index is 1320. The van der Waals surface area contributed by atoms with Gasteiger partial charge in [-0.3, -0.25) is 6.08 Å². The van der Waals surface area contributed by atoms with E-state index in [0.29, 0.717) is 0 Å². The van der Waals surface area contributed by atoms with Crippen molar-refractivity contribution in [2.45, 2.75) is 65.2 Å². The van der Waals surface area contributed by atoms with Crippen LogP contribution in [0.4, 0.5) is 0 Å². The van der Waals surface area contributed by atoms with E-state index >= 15 is 0 Å². The Labute approximate surface area is 304 Å². The predicted octanol–water partition coefficient (Wildman–Crippen LogP) is 12.0. The second-order valence-electron chi connectivity index (χ2n) is 11.8. The standard InChI is InChI=1S/C21H25.2C6H4Cl.C5H5.CH2.2ClH.Zr/c1-20(2,3)16-7-9-18-14(12-16)11-15-13-17(21(4,5)6)8-10-19(15)18;2*7-6-4-2-1-3-5-6;1-2-4-5-3-1;;;;/h7-10,12H,11H2,1-6H3;2*2-5H;1-3H,4H2;1H2;2*1H;/q4*-1;;;;. The van der Waals surface area contributed by atoms with Gasteiger partial charge in [-0.25, -0.2) is 12.2 Å². The Kier molecular flexibility index (Phi) is 20.3. The average molecular weight is 744 g/mol. The molecule has 234 valence electrons. The molecule has 44 heavy (non-hydrogen) atoms. The molecule has 2 aliphatic rings. The van der Waals surface area contributed by atoms with Crippen LogP contribution in [0.1, 0.15) is 70.2 Å². The van der Waals surface area contributed by atoms with Crippen molar-refractivity contribution < 1.29 is 24.2 Å². The van der Waals surface area contributed by atoms with Gasteiger partial charge < -0.3 is 0 Å². The van der Waals surface area contributed by atoms with Gasteiger partial charge in [0.05, 0.1) is 0 Å². The van der Waals surface area contributed by atoms with Crippen molar-refractivity contribution in [3.63, 3.8) is 0 Å². The van der Waals surface area contributed by atoms with E-state index in [2.05, 4.69) is 106 Å². The molecule has 0 amide bonds. The monoisotopic (exact) mass is 740 g/mol. The van der Waals surface area contributed by atoms with Crippen molar-refractivity contribution in [3.05, 3.63) is 154 Å². The van der Waals surface area contributed by atoms with Crippen LogP contribution < -0.4 is 0 Å². The van der Waals surface area contributed by atoms with Gasteiger partial charge in [0, 0.05) is 0 Å². The summed E-state index contributed by atoms with van der Waals surface area (Å²) in [5, 5.41) is 1.53. The van der Waals surface area contributed by atoms with Gasteiger partial charge in [0.2, 0.25) is 0 Å².